The van der Waals surface area contributed by atoms with Crippen molar-refractivity contribution in [1.29, 1.82) is 0 Å². The lowest BCUT2D eigenvalue weighted by molar-refractivity contribution is -0.134. The number of aliphatic hydroxyl groups is 1. The summed E-state index contributed by atoms with van der Waals surface area (Å²) in [6.07, 6.45) is 4.34. The summed E-state index contributed by atoms with van der Waals surface area (Å²) in [5.41, 5.74) is 8.18. The molecule has 4 rings (SSSR count). The van der Waals surface area contributed by atoms with Crippen LogP contribution in [0.15, 0.2) is 64.8 Å². The van der Waals surface area contributed by atoms with Crippen molar-refractivity contribution < 1.29 is 19.4 Å². The first-order chi connectivity index (χ1) is 19.2. The number of amides is 1. The van der Waals surface area contributed by atoms with Crippen LogP contribution in [0.1, 0.15) is 43.2 Å². The lowest BCUT2D eigenvalue weighted by Crippen LogP contribution is -2.49. The van der Waals surface area contributed by atoms with Gasteiger partial charge in [-0.1, -0.05) is 53.8 Å². The van der Waals surface area contributed by atoms with E-state index in [0.717, 1.165) is 24.1 Å². The SMILES string of the molecule is CN(C)c1ccc(C#CC2(O)CCCC2)cc1OCC(C=O)N1CCC(C(Cl)=NCc2ccccc2)=C(N)C1=O. The highest BCUT2D eigenvalue weighted by atomic mass is 35.5. The second kappa shape index (κ2) is 13.0. The highest BCUT2D eigenvalue weighted by molar-refractivity contribution is 6.69. The number of aldehydes is 1. The first-order valence-corrected chi connectivity index (χ1v) is 13.8. The van der Waals surface area contributed by atoms with Crippen LogP contribution in [0.4, 0.5) is 5.69 Å². The Morgan fingerprint density at radius 2 is 1.98 bits per heavy atom. The molecule has 1 aliphatic carbocycles. The number of aliphatic imine (C=N–C) groups is 1. The monoisotopic (exact) mass is 562 g/mol. The van der Waals surface area contributed by atoms with Crippen LogP contribution < -0.4 is 15.4 Å². The maximum absolute atomic E-state index is 13.2. The first-order valence-electron chi connectivity index (χ1n) is 13.4. The number of hydrogen-bond donors (Lipinski definition) is 2. The summed E-state index contributed by atoms with van der Waals surface area (Å²) in [4.78, 5) is 32.9. The molecular formula is C31H35ClN4O4. The third-order valence-electron chi connectivity index (χ3n) is 7.19. The van der Waals surface area contributed by atoms with Gasteiger partial charge in [0.25, 0.3) is 5.91 Å². The summed E-state index contributed by atoms with van der Waals surface area (Å²) < 4.78 is 6.08. The standard InChI is InChI=1S/C31H35ClN4O4/c1-35(2)26-11-10-22(12-16-31(39)14-6-7-15-31)18-27(26)40-21-24(20-37)36-17-13-25(28(33)30(36)38)29(32)34-19-23-8-4-3-5-9-23/h3-5,8-11,18,20,24,39H,6-7,13-15,17,19,21,33H2,1-2H3. The van der Waals surface area contributed by atoms with Gasteiger partial charge in [-0.3, -0.25) is 9.79 Å². The molecule has 1 fully saturated rings. The zero-order valence-electron chi connectivity index (χ0n) is 22.9. The minimum absolute atomic E-state index is 0.0176. The van der Waals surface area contributed by atoms with E-state index in [1.165, 1.54) is 4.90 Å². The Hall–Kier alpha value is -3.80. The predicted octanol–water partition coefficient (Wildman–Crippen LogP) is 3.64. The molecule has 2 aromatic carbocycles. The summed E-state index contributed by atoms with van der Waals surface area (Å²) in [6.45, 7) is 0.564. The quantitative estimate of drug-likeness (QED) is 0.274. The molecule has 0 aromatic heterocycles. The number of carbonyl (C=O) groups excluding carboxylic acids is 2. The molecule has 0 spiro atoms. The van der Waals surface area contributed by atoms with Gasteiger partial charge in [-0.05, 0) is 55.9 Å². The highest BCUT2D eigenvalue weighted by Gasteiger charge is 2.32. The lowest BCUT2D eigenvalue weighted by atomic mass is 10.0. The molecule has 1 unspecified atom stereocenters. The lowest BCUT2D eigenvalue weighted by Gasteiger charge is -2.32. The van der Waals surface area contributed by atoms with Crippen LogP contribution >= 0.6 is 11.6 Å². The first kappa shape index (κ1) is 29.2. The summed E-state index contributed by atoms with van der Waals surface area (Å²) in [7, 11) is 3.77. The van der Waals surface area contributed by atoms with Gasteiger partial charge >= 0.3 is 0 Å². The molecule has 1 saturated carbocycles. The van der Waals surface area contributed by atoms with Crippen LogP contribution in [0.5, 0.6) is 5.75 Å². The predicted molar refractivity (Wildman–Crippen MR) is 157 cm³/mol. The van der Waals surface area contributed by atoms with E-state index < -0.39 is 17.6 Å². The number of benzene rings is 2. The Balaban J connectivity index is 1.47. The number of carbonyl (C=O) groups is 2. The van der Waals surface area contributed by atoms with E-state index in [9.17, 15) is 14.7 Å². The van der Waals surface area contributed by atoms with Gasteiger partial charge in [0.15, 0.2) is 0 Å². The van der Waals surface area contributed by atoms with Crippen molar-refractivity contribution in [1.82, 2.24) is 4.90 Å². The van der Waals surface area contributed by atoms with Crippen LogP contribution in [0.25, 0.3) is 0 Å². The van der Waals surface area contributed by atoms with Crippen LogP contribution in [0, 0.1) is 11.8 Å². The normalized spacial score (nSPS) is 17.8. The number of nitrogens with zero attached hydrogens (tertiary/aromatic N) is 3. The Labute approximate surface area is 240 Å². The van der Waals surface area contributed by atoms with Crippen LogP contribution in [0.2, 0.25) is 0 Å². The molecule has 2 aliphatic rings. The smallest absolute Gasteiger partial charge is 0.270 e. The Morgan fingerprint density at radius 1 is 1.25 bits per heavy atom. The zero-order valence-corrected chi connectivity index (χ0v) is 23.7. The van der Waals surface area contributed by atoms with Crippen molar-refractivity contribution >= 4 is 34.7 Å². The molecule has 1 aliphatic heterocycles. The summed E-state index contributed by atoms with van der Waals surface area (Å²) in [5.74, 6) is 6.12. The van der Waals surface area contributed by atoms with Gasteiger partial charge in [-0.15, -0.1) is 0 Å². The summed E-state index contributed by atoms with van der Waals surface area (Å²) in [5, 5.41) is 10.8. The molecule has 1 amide bonds. The highest BCUT2D eigenvalue weighted by Crippen LogP contribution is 2.31. The molecule has 3 N–H and O–H groups in total. The second-order valence-electron chi connectivity index (χ2n) is 10.3. The van der Waals surface area contributed by atoms with E-state index in [2.05, 4.69) is 16.8 Å². The van der Waals surface area contributed by atoms with Gasteiger partial charge < -0.3 is 30.2 Å². The third-order valence-corrected chi connectivity index (χ3v) is 7.54. The Bertz CT molecular complexity index is 1350. The van der Waals surface area contributed by atoms with Gasteiger partial charge in [0, 0.05) is 31.8 Å². The molecule has 0 saturated heterocycles. The molecule has 0 bridgehead atoms. The topological polar surface area (TPSA) is 108 Å². The number of nitrogens with two attached hydrogens (primary N) is 1. The van der Waals surface area contributed by atoms with Crippen LogP contribution in [0.3, 0.4) is 0 Å². The fourth-order valence-corrected chi connectivity index (χ4v) is 5.11. The summed E-state index contributed by atoms with van der Waals surface area (Å²) >= 11 is 6.43. The summed E-state index contributed by atoms with van der Waals surface area (Å²) in [6, 6.07) is 14.3. The van der Waals surface area contributed by atoms with Gasteiger partial charge in [0.1, 0.15) is 41.2 Å². The maximum atomic E-state index is 13.2. The molecule has 210 valence electrons. The van der Waals surface area contributed by atoms with E-state index in [1.807, 2.05) is 61.5 Å². The molecule has 40 heavy (non-hydrogen) atoms. The van der Waals surface area contributed by atoms with Crippen LogP contribution in [-0.4, -0.2) is 66.3 Å². The Morgan fingerprint density at radius 3 is 2.65 bits per heavy atom. The minimum Gasteiger partial charge on any atom is -0.489 e. The molecule has 9 heteroatoms. The molecule has 8 nitrogen and oxygen atoms in total. The number of halogens is 1. The number of anilines is 1. The van der Waals surface area contributed by atoms with Crippen molar-refractivity contribution in [3.8, 4) is 17.6 Å². The van der Waals surface area contributed by atoms with Gasteiger partial charge in [0.05, 0.1) is 12.2 Å². The van der Waals surface area contributed by atoms with E-state index in [1.54, 1.807) is 6.07 Å². The van der Waals surface area contributed by atoms with Gasteiger partial charge in [-0.25, -0.2) is 0 Å². The van der Waals surface area contributed by atoms with Crippen LogP contribution in [-0.2, 0) is 16.1 Å². The van der Waals surface area contributed by atoms with E-state index in [-0.39, 0.29) is 24.0 Å². The number of ether oxygens (including phenoxy) is 1. The fraction of sp³-hybridized carbons (Fsp3) is 0.387. The van der Waals surface area contributed by atoms with Crippen molar-refractivity contribution in [2.24, 2.45) is 10.7 Å². The molecule has 1 atom stereocenters. The minimum atomic E-state index is -0.945. The average Bonchev–Trinajstić information content (AvgIpc) is 3.40. The maximum Gasteiger partial charge on any atom is 0.270 e. The van der Waals surface area contributed by atoms with Crippen molar-refractivity contribution in [2.75, 3.05) is 32.1 Å². The average molecular weight is 563 g/mol. The second-order valence-corrected chi connectivity index (χ2v) is 10.7. The van der Waals surface area contributed by atoms with Gasteiger partial charge in [0.2, 0.25) is 0 Å². The van der Waals surface area contributed by atoms with E-state index in [4.69, 9.17) is 22.1 Å². The molecule has 0 radical (unpaired) electrons. The third kappa shape index (κ3) is 7.04. The number of rotatable bonds is 9. The fourth-order valence-electron chi connectivity index (χ4n) is 4.85. The van der Waals surface area contributed by atoms with Gasteiger partial charge in [-0.2, -0.15) is 0 Å². The molecule has 1 heterocycles. The molecular weight excluding hydrogens is 528 g/mol. The Kier molecular flexibility index (Phi) is 9.51. The van der Waals surface area contributed by atoms with Crippen molar-refractivity contribution in [2.45, 2.75) is 50.3 Å². The zero-order chi connectivity index (χ0) is 28.7. The largest absolute Gasteiger partial charge is 0.489 e. The number of hydrogen-bond acceptors (Lipinski definition) is 7. The molecule has 2 aromatic rings. The van der Waals surface area contributed by atoms with Crippen molar-refractivity contribution in [3.63, 3.8) is 0 Å². The van der Waals surface area contributed by atoms with E-state index in [0.29, 0.717) is 49.0 Å². The van der Waals surface area contributed by atoms with Crippen molar-refractivity contribution in [3.05, 3.63) is 70.9 Å². The van der Waals surface area contributed by atoms with E-state index >= 15 is 0 Å².